The Labute approximate surface area is 253 Å². The van der Waals surface area contributed by atoms with Crippen LogP contribution in [-0.4, -0.2) is 37.9 Å². The van der Waals surface area contributed by atoms with E-state index in [2.05, 4.69) is 16.3 Å². The zero-order valence-electron chi connectivity index (χ0n) is 25.5. The van der Waals surface area contributed by atoms with Crippen LogP contribution in [0.3, 0.4) is 0 Å². The molecule has 0 aromatic heterocycles. The topological polar surface area (TPSA) is 77.1 Å². The molecule has 0 atom stereocenters. The second kappa shape index (κ2) is 12.7. The normalized spacial score (nSPS) is 15.6. The summed E-state index contributed by atoms with van der Waals surface area (Å²) in [6.45, 7) is 7.54. The number of piperidine rings is 1. The molecular formula is C35H41FN2O5. The molecule has 228 valence electrons. The van der Waals surface area contributed by atoms with E-state index in [0.717, 1.165) is 35.5 Å². The molecule has 1 aliphatic carbocycles. The summed E-state index contributed by atoms with van der Waals surface area (Å²) in [4.78, 5) is 26.5. The van der Waals surface area contributed by atoms with Crippen molar-refractivity contribution in [2.24, 2.45) is 5.41 Å². The molecule has 3 aromatic rings. The number of ether oxygens (including phenoxy) is 3. The lowest BCUT2D eigenvalue weighted by atomic mass is 9.92. The van der Waals surface area contributed by atoms with Crippen molar-refractivity contribution in [3.63, 3.8) is 0 Å². The van der Waals surface area contributed by atoms with E-state index >= 15 is 4.39 Å². The summed E-state index contributed by atoms with van der Waals surface area (Å²) in [5.41, 5.74) is 4.12. The number of esters is 1. The van der Waals surface area contributed by atoms with E-state index in [1.165, 1.54) is 32.8 Å². The molecular weight excluding hydrogens is 547 g/mol. The first kappa shape index (κ1) is 30.4. The Balaban J connectivity index is 1.41. The van der Waals surface area contributed by atoms with Gasteiger partial charge >= 0.3 is 12.1 Å². The second-order valence-corrected chi connectivity index (χ2v) is 12.7. The number of carbonyl (C=O) groups excluding carboxylic acids is 2. The van der Waals surface area contributed by atoms with Gasteiger partial charge in [-0.1, -0.05) is 36.4 Å². The molecule has 5 rings (SSSR count). The molecule has 1 amide bonds. The van der Waals surface area contributed by atoms with Gasteiger partial charge in [-0.3, -0.25) is 4.79 Å². The highest BCUT2D eigenvalue weighted by Crippen LogP contribution is 2.54. The van der Waals surface area contributed by atoms with E-state index < -0.39 is 11.7 Å². The molecule has 0 unspecified atom stereocenters. The highest BCUT2D eigenvalue weighted by molar-refractivity contribution is 5.74. The molecule has 8 heteroatoms. The van der Waals surface area contributed by atoms with Gasteiger partial charge < -0.3 is 24.4 Å². The quantitative estimate of drug-likeness (QED) is 0.267. The molecule has 2 aliphatic rings. The summed E-state index contributed by atoms with van der Waals surface area (Å²) in [5, 5.41) is 2.66. The van der Waals surface area contributed by atoms with E-state index in [-0.39, 0.29) is 31.4 Å². The van der Waals surface area contributed by atoms with Crippen LogP contribution in [0, 0.1) is 11.2 Å². The third kappa shape index (κ3) is 7.86. The molecule has 1 spiro atoms. The monoisotopic (exact) mass is 588 g/mol. The van der Waals surface area contributed by atoms with Crippen molar-refractivity contribution >= 4 is 17.7 Å². The molecule has 43 heavy (non-hydrogen) atoms. The molecule has 3 aromatic carbocycles. The summed E-state index contributed by atoms with van der Waals surface area (Å²) in [6.07, 6.45) is 4.50. The van der Waals surface area contributed by atoms with E-state index in [1.54, 1.807) is 39.0 Å². The molecule has 1 heterocycles. The Morgan fingerprint density at radius 1 is 0.953 bits per heavy atom. The lowest BCUT2D eigenvalue weighted by Crippen LogP contribution is -2.34. The highest BCUT2D eigenvalue weighted by atomic mass is 19.1. The minimum Gasteiger partial charge on any atom is -0.489 e. The Kier molecular flexibility index (Phi) is 8.95. The maximum absolute atomic E-state index is 15.9. The number of nitrogens with one attached hydrogen (secondary N) is 1. The summed E-state index contributed by atoms with van der Waals surface area (Å²) < 4.78 is 32.3. The summed E-state index contributed by atoms with van der Waals surface area (Å²) in [7, 11) is 1.37. The largest absolute Gasteiger partial charge is 0.489 e. The van der Waals surface area contributed by atoms with Gasteiger partial charge in [-0.05, 0) is 87.3 Å². The minimum atomic E-state index is -0.642. The molecule has 1 saturated heterocycles. The summed E-state index contributed by atoms with van der Waals surface area (Å²) in [5.74, 6) is -0.119. The Hall–Kier alpha value is -4.07. The second-order valence-electron chi connectivity index (χ2n) is 12.7. The number of para-hydroxylation sites is 1. The Morgan fingerprint density at radius 3 is 2.37 bits per heavy atom. The van der Waals surface area contributed by atoms with Gasteiger partial charge in [-0.2, -0.15) is 0 Å². The number of hydrogen-bond donors (Lipinski definition) is 1. The van der Waals surface area contributed by atoms with Crippen molar-refractivity contribution in [1.82, 2.24) is 5.32 Å². The number of methoxy groups -OCH3 is 1. The molecule has 0 radical (unpaired) electrons. The van der Waals surface area contributed by atoms with Gasteiger partial charge in [0, 0.05) is 42.0 Å². The van der Waals surface area contributed by atoms with Crippen LogP contribution in [0.4, 0.5) is 14.9 Å². The van der Waals surface area contributed by atoms with Crippen LogP contribution in [0.1, 0.15) is 63.1 Å². The SMILES string of the molecule is COC(=O)Cc1ccccc1OCc1cc(-c2cccc(CNC(=O)OC(C)(C)C)c2F)cc(N2CCC3(CC2)CC3)c1. The van der Waals surface area contributed by atoms with Gasteiger partial charge in [0.25, 0.3) is 0 Å². The van der Waals surface area contributed by atoms with Crippen molar-refractivity contribution in [2.75, 3.05) is 25.1 Å². The number of nitrogens with zero attached hydrogens (tertiary/aromatic N) is 1. The highest BCUT2D eigenvalue weighted by Gasteiger charge is 2.44. The fraction of sp³-hybridized carbons (Fsp3) is 0.429. The number of anilines is 1. The maximum Gasteiger partial charge on any atom is 0.407 e. The average Bonchev–Trinajstić information content (AvgIpc) is 3.73. The molecule has 1 aliphatic heterocycles. The van der Waals surface area contributed by atoms with Crippen LogP contribution in [0.25, 0.3) is 11.1 Å². The number of hydrogen-bond acceptors (Lipinski definition) is 6. The van der Waals surface area contributed by atoms with Gasteiger partial charge in [0.1, 0.15) is 23.8 Å². The first-order chi connectivity index (χ1) is 20.5. The van der Waals surface area contributed by atoms with Crippen molar-refractivity contribution in [3.05, 3.63) is 83.2 Å². The zero-order chi connectivity index (χ0) is 30.6. The van der Waals surface area contributed by atoms with E-state index in [1.807, 2.05) is 36.4 Å². The van der Waals surface area contributed by atoms with Gasteiger partial charge in [0.2, 0.25) is 0 Å². The minimum absolute atomic E-state index is 0.00936. The van der Waals surface area contributed by atoms with Crippen LogP contribution >= 0.6 is 0 Å². The lowest BCUT2D eigenvalue weighted by molar-refractivity contribution is -0.139. The molecule has 0 bridgehead atoms. The zero-order valence-corrected chi connectivity index (χ0v) is 25.5. The number of halogens is 1. The fourth-order valence-electron chi connectivity index (χ4n) is 5.61. The van der Waals surface area contributed by atoms with Crippen molar-refractivity contribution < 1.29 is 28.2 Å². The van der Waals surface area contributed by atoms with Crippen molar-refractivity contribution in [2.45, 2.75) is 71.6 Å². The fourth-order valence-corrected chi connectivity index (χ4v) is 5.61. The van der Waals surface area contributed by atoms with Gasteiger partial charge in [0.15, 0.2) is 0 Å². The number of benzene rings is 3. The van der Waals surface area contributed by atoms with Crippen LogP contribution in [0.15, 0.2) is 60.7 Å². The number of carbonyl (C=O) groups is 2. The van der Waals surface area contributed by atoms with E-state index in [9.17, 15) is 9.59 Å². The lowest BCUT2D eigenvalue weighted by Gasteiger charge is -2.34. The standard InChI is InChI=1S/C35H41FN2O5/c1-34(2,3)43-33(40)37-22-26-9-7-10-29(32(26)36)27-18-24(19-28(20-27)38-16-14-35(12-13-35)15-17-38)23-42-30-11-6-5-8-25(30)21-31(39)41-4/h5-11,18-20H,12-17,21-23H2,1-4H3,(H,37,40). The first-order valence-corrected chi connectivity index (χ1v) is 15.0. The van der Waals surface area contributed by atoms with Gasteiger partial charge in [-0.15, -0.1) is 0 Å². The van der Waals surface area contributed by atoms with Crippen LogP contribution in [-0.2, 0) is 33.8 Å². The van der Waals surface area contributed by atoms with Crippen LogP contribution in [0.5, 0.6) is 5.75 Å². The van der Waals surface area contributed by atoms with E-state index in [0.29, 0.717) is 22.3 Å². The maximum atomic E-state index is 15.9. The smallest absolute Gasteiger partial charge is 0.407 e. The van der Waals surface area contributed by atoms with Crippen LogP contribution < -0.4 is 15.0 Å². The first-order valence-electron chi connectivity index (χ1n) is 15.0. The predicted octanol–water partition coefficient (Wildman–Crippen LogP) is 7.19. The van der Waals surface area contributed by atoms with Crippen molar-refractivity contribution in [1.29, 1.82) is 0 Å². The Morgan fingerprint density at radius 2 is 1.67 bits per heavy atom. The van der Waals surface area contributed by atoms with Gasteiger partial charge in [0.05, 0.1) is 13.5 Å². The molecule has 1 saturated carbocycles. The van der Waals surface area contributed by atoms with E-state index in [4.69, 9.17) is 14.2 Å². The predicted molar refractivity (Wildman–Crippen MR) is 165 cm³/mol. The number of amides is 1. The van der Waals surface area contributed by atoms with Crippen molar-refractivity contribution in [3.8, 4) is 16.9 Å². The number of alkyl carbamates (subject to hydrolysis) is 1. The molecule has 1 N–H and O–H groups in total. The average molecular weight is 589 g/mol. The third-order valence-electron chi connectivity index (χ3n) is 8.27. The Bertz CT molecular complexity index is 1470. The molecule has 2 fully saturated rings. The summed E-state index contributed by atoms with van der Waals surface area (Å²) in [6, 6.07) is 18.7. The van der Waals surface area contributed by atoms with Gasteiger partial charge in [-0.25, -0.2) is 9.18 Å². The summed E-state index contributed by atoms with van der Waals surface area (Å²) >= 11 is 0. The molecule has 7 nitrogen and oxygen atoms in total. The third-order valence-corrected chi connectivity index (χ3v) is 8.27. The number of rotatable bonds is 9. The van der Waals surface area contributed by atoms with Crippen LogP contribution in [0.2, 0.25) is 0 Å².